The molecule has 3 aromatic carbocycles. The van der Waals surface area contributed by atoms with Gasteiger partial charge in [-0.25, -0.2) is 9.91 Å². The fourth-order valence-electron chi connectivity index (χ4n) is 4.96. The van der Waals surface area contributed by atoms with Gasteiger partial charge >= 0.3 is 0 Å². The lowest BCUT2D eigenvalue weighted by molar-refractivity contribution is -0.135. The summed E-state index contributed by atoms with van der Waals surface area (Å²) in [7, 11) is 0. The normalized spacial score (nSPS) is 22.1. The van der Waals surface area contributed by atoms with Crippen LogP contribution >= 0.6 is 39.1 Å². The van der Waals surface area contributed by atoms with E-state index in [9.17, 15) is 14.4 Å². The van der Waals surface area contributed by atoms with Crippen LogP contribution in [0.4, 0.5) is 5.69 Å². The Labute approximate surface area is 241 Å². The Morgan fingerprint density at radius 1 is 0.974 bits per heavy atom. The summed E-state index contributed by atoms with van der Waals surface area (Å²) in [6.45, 7) is -0.285. The van der Waals surface area contributed by atoms with E-state index in [1.807, 2.05) is 54.6 Å². The number of imide groups is 1. The molecule has 12 heteroatoms. The Kier molecular flexibility index (Phi) is 6.70. The number of fused-ring (bicyclic) bond motifs is 1. The van der Waals surface area contributed by atoms with Crippen LogP contribution in [0.2, 0.25) is 10.0 Å². The van der Waals surface area contributed by atoms with Crippen LogP contribution in [0, 0.1) is 0 Å². The van der Waals surface area contributed by atoms with Gasteiger partial charge in [0, 0.05) is 15.9 Å². The van der Waals surface area contributed by atoms with Gasteiger partial charge in [0.05, 0.1) is 22.5 Å². The maximum Gasteiger partial charge on any atom is 0.264 e. The number of carbonyl (C=O) groups excluding carboxylic acids is 3. The zero-order valence-corrected chi connectivity index (χ0v) is 23.2. The highest BCUT2D eigenvalue weighted by atomic mass is 79.9. The zero-order valence-electron chi connectivity index (χ0n) is 20.1. The van der Waals surface area contributed by atoms with Gasteiger partial charge < -0.3 is 0 Å². The van der Waals surface area contributed by atoms with Crippen LogP contribution in [0.5, 0.6) is 0 Å². The average Bonchev–Trinajstić information content (AvgIpc) is 3.61. The highest BCUT2D eigenvalue weighted by Crippen LogP contribution is 2.37. The molecule has 0 aliphatic carbocycles. The Bertz CT molecular complexity index is 1550. The van der Waals surface area contributed by atoms with Crippen molar-refractivity contribution in [3.05, 3.63) is 98.4 Å². The molecule has 0 unspecified atom stereocenters. The largest absolute Gasteiger partial charge is 0.271 e. The van der Waals surface area contributed by atoms with Gasteiger partial charge in [-0.3, -0.25) is 19.4 Å². The summed E-state index contributed by atoms with van der Waals surface area (Å²) >= 11 is 15.7. The quantitative estimate of drug-likeness (QED) is 0.353. The predicted octanol–water partition coefficient (Wildman–Crippen LogP) is 5.43. The third kappa shape index (κ3) is 4.62. The molecule has 0 bridgehead atoms. The molecule has 196 valence electrons. The summed E-state index contributed by atoms with van der Waals surface area (Å²) in [5, 5.41) is 15.9. The standard InChI is InChI=1S/C27H19BrCl2N6O3/c28-17-8-6-15(7-9-17)20-13-22(16-4-2-1-3-5-16)36(32-20)23(37)14-34-25-24(31-33-34)26(38)35(27(25)39)21-11-10-18(29)12-19(21)30/h1-12,22,24-25H,13-14H2/t22-,24+,25-/m0/s1. The van der Waals surface area contributed by atoms with E-state index in [2.05, 4.69) is 31.4 Å². The van der Waals surface area contributed by atoms with Crippen molar-refractivity contribution in [3.63, 3.8) is 0 Å². The Hall–Kier alpha value is -3.60. The van der Waals surface area contributed by atoms with Crippen LogP contribution in [0.1, 0.15) is 23.6 Å². The van der Waals surface area contributed by atoms with Crippen LogP contribution in [0.3, 0.4) is 0 Å². The van der Waals surface area contributed by atoms with Crippen LogP contribution in [0.15, 0.2) is 92.7 Å². The third-order valence-electron chi connectivity index (χ3n) is 6.83. The number of amides is 3. The van der Waals surface area contributed by atoms with Gasteiger partial charge in [0.25, 0.3) is 17.7 Å². The monoisotopic (exact) mass is 624 g/mol. The first-order valence-electron chi connectivity index (χ1n) is 12.0. The molecule has 0 N–H and O–H groups in total. The number of halogens is 3. The Balaban J connectivity index is 1.26. The highest BCUT2D eigenvalue weighted by molar-refractivity contribution is 9.10. The molecule has 0 aromatic heterocycles. The van der Waals surface area contributed by atoms with Gasteiger partial charge in [-0.15, -0.1) is 0 Å². The van der Waals surface area contributed by atoms with E-state index >= 15 is 0 Å². The van der Waals surface area contributed by atoms with Gasteiger partial charge in [-0.05, 0) is 41.5 Å². The molecule has 39 heavy (non-hydrogen) atoms. The second kappa shape index (κ2) is 10.2. The van der Waals surface area contributed by atoms with Crippen LogP contribution in [-0.4, -0.2) is 52.1 Å². The first-order valence-corrected chi connectivity index (χ1v) is 13.6. The summed E-state index contributed by atoms with van der Waals surface area (Å²) < 4.78 is 0.941. The van der Waals surface area contributed by atoms with Crippen molar-refractivity contribution in [2.45, 2.75) is 24.5 Å². The van der Waals surface area contributed by atoms with Gasteiger partial charge in [0.2, 0.25) is 0 Å². The van der Waals surface area contributed by atoms with Gasteiger partial charge in [0.1, 0.15) is 6.54 Å². The van der Waals surface area contributed by atoms with E-state index in [4.69, 9.17) is 23.2 Å². The fourth-order valence-corrected chi connectivity index (χ4v) is 5.71. The number of nitrogens with zero attached hydrogens (tertiary/aromatic N) is 6. The van der Waals surface area contributed by atoms with Crippen molar-refractivity contribution >= 4 is 68.3 Å². The number of benzene rings is 3. The Morgan fingerprint density at radius 2 is 1.72 bits per heavy atom. The summed E-state index contributed by atoms with van der Waals surface area (Å²) in [4.78, 5) is 41.1. The zero-order chi connectivity index (χ0) is 27.3. The second-order valence-corrected chi connectivity index (χ2v) is 11.0. The molecular formula is C27H19BrCl2N6O3. The van der Waals surface area contributed by atoms with Crippen LogP contribution < -0.4 is 4.90 Å². The molecule has 9 nitrogen and oxygen atoms in total. The van der Waals surface area contributed by atoms with E-state index in [0.717, 1.165) is 26.2 Å². The molecule has 3 aliphatic rings. The molecule has 3 aliphatic heterocycles. The van der Waals surface area contributed by atoms with Crippen molar-refractivity contribution < 1.29 is 14.4 Å². The molecule has 0 radical (unpaired) electrons. The minimum atomic E-state index is -1.07. The van der Waals surface area contributed by atoms with Crippen molar-refractivity contribution in [2.75, 3.05) is 11.4 Å². The van der Waals surface area contributed by atoms with Crippen molar-refractivity contribution in [1.82, 2.24) is 10.0 Å². The van der Waals surface area contributed by atoms with E-state index < -0.39 is 23.9 Å². The van der Waals surface area contributed by atoms with Crippen molar-refractivity contribution in [3.8, 4) is 0 Å². The predicted molar refractivity (Wildman–Crippen MR) is 149 cm³/mol. The average molecular weight is 626 g/mol. The van der Waals surface area contributed by atoms with Crippen molar-refractivity contribution in [1.29, 1.82) is 0 Å². The molecule has 3 atom stereocenters. The summed E-state index contributed by atoms with van der Waals surface area (Å²) in [5.74, 6) is -1.50. The van der Waals surface area contributed by atoms with E-state index in [1.54, 1.807) is 6.07 Å². The second-order valence-electron chi connectivity index (χ2n) is 9.22. The highest BCUT2D eigenvalue weighted by Gasteiger charge is 2.55. The van der Waals surface area contributed by atoms with E-state index in [-0.39, 0.29) is 29.2 Å². The number of rotatable bonds is 5. The van der Waals surface area contributed by atoms with E-state index in [1.165, 1.54) is 22.2 Å². The molecular weight excluding hydrogens is 607 g/mol. The van der Waals surface area contributed by atoms with Gasteiger partial charge in [0.15, 0.2) is 12.1 Å². The third-order valence-corrected chi connectivity index (χ3v) is 7.90. The summed E-state index contributed by atoms with van der Waals surface area (Å²) in [5.41, 5.74) is 2.81. The molecule has 0 spiro atoms. The number of anilines is 1. The molecule has 3 amide bonds. The fraction of sp³-hybridized carbons (Fsp3) is 0.185. The van der Waals surface area contributed by atoms with E-state index in [0.29, 0.717) is 11.4 Å². The maximum absolute atomic E-state index is 13.7. The lowest BCUT2D eigenvalue weighted by Gasteiger charge is -2.25. The Morgan fingerprint density at radius 3 is 2.44 bits per heavy atom. The molecule has 1 fully saturated rings. The van der Waals surface area contributed by atoms with Crippen LogP contribution in [-0.2, 0) is 14.4 Å². The molecule has 0 saturated carbocycles. The van der Waals surface area contributed by atoms with Gasteiger partial charge in [-0.1, -0.05) is 86.8 Å². The smallest absolute Gasteiger partial charge is 0.264 e. The number of hydrogen-bond donors (Lipinski definition) is 0. The lowest BCUT2D eigenvalue weighted by Crippen LogP contribution is -2.44. The first kappa shape index (κ1) is 25.7. The molecule has 3 heterocycles. The number of carbonyl (C=O) groups is 3. The first-order chi connectivity index (χ1) is 18.8. The van der Waals surface area contributed by atoms with Gasteiger partial charge in [-0.2, -0.15) is 10.2 Å². The lowest BCUT2D eigenvalue weighted by atomic mass is 9.98. The summed E-state index contributed by atoms with van der Waals surface area (Å²) in [6.07, 6.45) is 0.519. The number of hydrazone groups is 1. The molecule has 1 saturated heterocycles. The topological polar surface area (TPSA) is 98.0 Å². The molecule has 6 rings (SSSR count). The maximum atomic E-state index is 13.7. The van der Waals surface area contributed by atoms with Crippen LogP contribution in [0.25, 0.3) is 0 Å². The summed E-state index contributed by atoms with van der Waals surface area (Å²) in [6, 6.07) is 19.4. The SMILES string of the molecule is O=C1[C@@H]2[C@@H](N=NN2CC(=O)N2N=C(c3ccc(Br)cc3)C[C@H]2c2ccccc2)C(=O)N1c1ccc(Cl)cc1Cl. The molecule has 3 aromatic rings. The number of hydrogen-bond acceptors (Lipinski definition) is 7. The minimum Gasteiger partial charge on any atom is -0.271 e. The minimum absolute atomic E-state index is 0.154. The van der Waals surface area contributed by atoms with Crippen molar-refractivity contribution in [2.24, 2.45) is 15.4 Å².